The van der Waals surface area contributed by atoms with Crippen LogP contribution in [0.15, 0.2) is 54.6 Å². The van der Waals surface area contributed by atoms with Crippen molar-refractivity contribution in [3.63, 3.8) is 0 Å². The van der Waals surface area contributed by atoms with Crippen molar-refractivity contribution < 1.29 is 23.8 Å². The van der Waals surface area contributed by atoms with E-state index in [1.807, 2.05) is 36.4 Å². The molecule has 0 aliphatic rings. The highest BCUT2D eigenvalue weighted by molar-refractivity contribution is 6.03. The van der Waals surface area contributed by atoms with Gasteiger partial charge in [0.1, 0.15) is 5.75 Å². The van der Waals surface area contributed by atoms with E-state index in [2.05, 4.69) is 4.74 Å². The number of fused-ring (bicyclic) bond motifs is 1. The fraction of sp³-hybridized carbons (Fsp3) is 0.100. The molecule has 6 heteroatoms. The number of hydrogen-bond acceptors (Lipinski definition) is 6. The summed E-state index contributed by atoms with van der Waals surface area (Å²) in [6, 6.07) is 15.8. The van der Waals surface area contributed by atoms with E-state index in [-0.39, 0.29) is 11.1 Å². The van der Waals surface area contributed by atoms with Crippen LogP contribution >= 0.6 is 0 Å². The third kappa shape index (κ3) is 3.30. The van der Waals surface area contributed by atoms with Crippen LogP contribution in [0.5, 0.6) is 11.5 Å². The van der Waals surface area contributed by atoms with E-state index >= 15 is 0 Å². The maximum Gasteiger partial charge on any atom is 0.338 e. The van der Waals surface area contributed by atoms with Gasteiger partial charge in [-0.3, -0.25) is 0 Å². The Hall–Kier alpha value is -3.54. The summed E-state index contributed by atoms with van der Waals surface area (Å²) in [5.74, 6) is -0.505. The normalized spacial score (nSPS) is 10.4. The highest BCUT2D eigenvalue weighted by Crippen LogP contribution is 2.32. The third-order valence-electron chi connectivity index (χ3n) is 3.91. The lowest BCUT2D eigenvalue weighted by molar-refractivity contribution is 0.0555. The first-order valence-corrected chi connectivity index (χ1v) is 7.80. The molecule has 0 aliphatic heterocycles. The average molecular weight is 351 g/mol. The zero-order valence-electron chi connectivity index (χ0n) is 14.3. The third-order valence-corrected chi connectivity index (χ3v) is 3.91. The summed E-state index contributed by atoms with van der Waals surface area (Å²) in [7, 11) is 2.47. The maximum absolute atomic E-state index is 12.0. The molecule has 2 N–H and O–H groups in total. The lowest BCUT2D eigenvalue weighted by atomic mass is 10.1. The molecule has 0 amide bonds. The van der Waals surface area contributed by atoms with Crippen LogP contribution in [0.4, 0.5) is 5.69 Å². The Morgan fingerprint density at radius 1 is 0.808 bits per heavy atom. The maximum atomic E-state index is 12.0. The number of ether oxygens (including phenoxy) is 3. The van der Waals surface area contributed by atoms with Gasteiger partial charge in [-0.2, -0.15) is 0 Å². The first-order valence-electron chi connectivity index (χ1n) is 7.80. The van der Waals surface area contributed by atoms with Crippen molar-refractivity contribution in [2.45, 2.75) is 0 Å². The molecule has 3 rings (SSSR count). The number of anilines is 1. The van der Waals surface area contributed by atoms with E-state index in [0.29, 0.717) is 17.2 Å². The van der Waals surface area contributed by atoms with Gasteiger partial charge < -0.3 is 19.9 Å². The van der Waals surface area contributed by atoms with Crippen molar-refractivity contribution in [2.24, 2.45) is 0 Å². The first kappa shape index (κ1) is 17.3. The fourth-order valence-corrected chi connectivity index (χ4v) is 2.61. The van der Waals surface area contributed by atoms with Gasteiger partial charge in [0.15, 0.2) is 5.75 Å². The molecule has 0 spiro atoms. The van der Waals surface area contributed by atoms with Crippen molar-refractivity contribution in [3.05, 3.63) is 65.7 Å². The van der Waals surface area contributed by atoms with Gasteiger partial charge in [-0.15, -0.1) is 0 Å². The van der Waals surface area contributed by atoms with E-state index < -0.39 is 11.9 Å². The predicted octanol–water partition coefficient (Wildman–Crippen LogP) is 3.79. The van der Waals surface area contributed by atoms with Crippen molar-refractivity contribution >= 4 is 28.4 Å². The molecule has 0 unspecified atom stereocenters. The molecule has 0 fully saturated rings. The zero-order valence-corrected chi connectivity index (χ0v) is 14.3. The number of nitrogens with two attached hydrogens (primary N) is 1. The van der Waals surface area contributed by atoms with E-state index in [1.165, 1.54) is 26.4 Å². The molecule has 0 aromatic heterocycles. The quantitative estimate of drug-likeness (QED) is 0.568. The van der Waals surface area contributed by atoms with Crippen molar-refractivity contribution in [2.75, 3.05) is 20.0 Å². The average Bonchev–Trinajstić information content (AvgIpc) is 2.67. The number of carbonyl (C=O) groups is 2. The number of hydrogen-bond donors (Lipinski definition) is 1. The van der Waals surface area contributed by atoms with E-state index in [0.717, 1.165) is 10.8 Å². The van der Waals surface area contributed by atoms with Crippen molar-refractivity contribution in [1.82, 2.24) is 0 Å². The van der Waals surface area contributed by atoms with Crippen LogP contribution in [0.25, 0.3) is 10.8 Å². The lowest BCUT2D eigenvalue weighted by Gasteiger charge is -2.12. The summed E-state index contributed by atoms with van der Waals surface area (Å²) in [6.07, 6.45) is 0. The molecule has 0 saturated heterocycles. The SMILES string of the molecule is COC(=O)c1ccc(Oc2cc3ccccc3cc2N)cc1C(=O)OC. The zero-order chi connectivity index (χ0) is 18.7. The molecule has 0 atom stereocenters. The molecule has 3 aromatic carbocycles. The van der Waals surface area contributed by atoms with Gasteiger partial charge in [-0.05, 0) is 41.1 Å². The molecular weight excluding hydrogens is 334 g/mol. The molecule has 6 nitrogen and oxygen atoms in total. The summed E-state index contributed by atoms with van der Waals surface area (Å²) >= 11 is 0. The minimum absolute atomic E-state index is 0.0520. The largest absolute Gasteiger partial charge is 0.465 e. The topological polar surface area (TPSA) is 87.9 Å². The smallest absolute Gasteiger partial charge is 0.338 e. The van der Waals surface area contributed by atoms with Gasteiger partial charge in [0.2, 0.25) is 0 Å². The minimum Gasteiger partial charge on any atom is -0.465 e. The Labute approximate surface area is 150 Å². The molecule has 0 radical (unpaired) electrons. The van der Waals surface area contributed by atoms with E-state index in [9.17, 15) is 9.59 Å². The predicted molar refractivity (Wildman–Crippen MR) is 97.6 cm³/mol. The van der Waals surface area contributed by atoms with Crippen LogP contribution in [0.1, 0.15) is 20.7 Å². The summed E-state index contributed by atoms with van der Waals surface area (Å²) in [4.78, 5) is 23.8. The van der Waals surface area contributed by atoms with Gasteiger partial charge >= 0.3 is 11.9 Å². The lowest BCUT2D eigenvalue weighted by Crippen LogP contribution is -2.11. The number of nitrogen functional groups attached to an aromatic ring is 1. The van der Waals surface area contributed by atoms with Gasteiger partial charge in [-0.1, -0.05) is 24.3 Å². The summed E-state index contributed by atoms with van der Waals surface area (Å²) in [5, 5.41) is 1.96. The molecule has 0 heterocycles. The number of esters is 2. The molecule has 26 heavy (non-hydrogen) atoms. The van der Waals surface area contributed by atoms with Crippen LogP contribution in [0.2, 0.25) is 0 Å². The Balaban J connectivity index is 2.01. The molecule has 0 bridgehead atoms. The van der Waals surface area contributed by atoms with Crippen LogP contribution in [-0.4, -0.2) is 26.2 Å². The standard InChI is InChI=1S/C20H17NO5/c1-24-19(22)15-8-7-14(11-16(15)20(23)25-2)26-18-10-13-6-4-3-5-12(13)9-17(18)21/h3-11H,21H2,1-2H3. The summed E-state index contributed by atoms with van der Waals surface area (Å²) in [6.45, 7) is 0. The second kappa shape index (κ2) is 7.14. The van der Waals surface area contributed by atoms with Gasteiger partial charge in [0.05, 0.1) is 31.0 Å². The fourth-order valence-electron chi connectivity index (χ4n) is 2.61. The number of rotatable bonds is 4. The first-order chi connectivity index (χ1) is 12.5. The molecule has 132 valence electrons. The number of benzene rings is 3. The number of carbonyl (C=O) groups excluding carboxylic acids is 2. The van der Waals surface area contributed by atoms with Gasteiger partial charge in [-0.25, -0.2) is 9.59 Å². The number of methoxy groups -OCH3 is 2. The van der Waals surface area contributed by atoms with Gasteiger partial charge in [0.25, 0.3) is 0 Å². The molecule has 3 aromatic rings. The van der Waals surface area contributed by atoms with E-state index in [4.69, 9.17) is 15.2 Å². The van der Waals surface area contributed by atoms with Gasteiger partial charge in [0, 0.05) is 0 Å². The summed E-state index contributed by atoms with van der Waals surface area (Å²) in [5.41, 5.74) is 6.67. The summed E-state index contributed by atoms with van der Waals surface area (Å²) < 4.78 is 15.3. The van der Waals surface area contributed by atoms with Crippen LogP contribution < -0.4 is 10.5 Å². The second-order valence-corrected chi connectivity index (χ2v) is 5.53. The van der Waals surface area contributed by atoms with E-state index in [1.54, 1.807) is 6.07 Å². The molecule has 0 aliphatic carbocycles. The molecular formula is C20H17NO5. The Morgan fingerprint density at radius 2 is 1.42 bits per heavy atom. The van der Waals surface area contributed by atoms with Crippen LogP contribution in [-0.2, 0) is 9.47 Å². The second-order valence-electron chi connectivity index (χ2n) is 5.53. The minimum atomic E-state index is -0.665. The highest BCUT2D eigenvalue weighted by Gasteiger charge is 2.19. The highest BCUT2D eigenvalue weighted by atomic mass is 16.5. The van der Waals surface area contributed by atoms with Crippen molar-refractivity contribution in [3.8, 4) is 11.5 Å². The van der Waals surface area contributed by atoms with Crippen molar-refractivity contribution in [1.29, 1.82) is 0 Å². The van der Waals surface area contributed by atoms with Crippen LogP contribution in [0, 0.1) is 0 Å². The molecule has 0 saturated carbocycles. The Kier molecular flexibility index (Phi) is 4.75. The Morgan fingerprint density at radius 3 is 2.08 bits per heavy atom. The monoisotopic (exact) mass is 351 g/mol. The van der Waals surface area contributed by atoms with Crippen LogP contribution in [0.3, 0.4) is 0 Å². The Bertz CT molecular complexity index is 997.